The third kappa shape index (κ3) is 6.89. The summed E-state index contributed by atoms with van der Waals surface area (Å²) in [6.45, 7) is 7.81. The second-order valence-corrected chi connectivity index (χ2v) is 6.58. The average molecular weight is 300 g/mol. The van der Waals surface area contributed by atoms with E-state index < -0.39 is 0 Å². The van der Waals surface area contributed by atoms with Crippen LogP contribution in [0.3, 0.4) is 0 Å². The van der Waals surface area contributed by atoms with Gasteiger partial charge in [0.1, 0.15) is 0 Å². The van der Waals surface area contributed by atoms with Crippen molar-refractivity contribution in [1.29, 1.82) is 0 Å². The molecule has 0 aromatic heterocycles. The molecule has 3 nitrogen and oxygen atoms in total. The first-order valence-electron chi connectivity index (χ1n) is 8.48. The van der Waals surface area contributed by atoms with Crippen LogP contribution >= 0.6 is 12.2 Å². The molecule has 0 aliphatic carbocycles. The van der Waals surface area contributed by atoms with E-state index in [2.05, 4.69) is 36.5 Å². The van der Waals surface area contributed by atoms with Gasteiger partial charge in [-0.2, -0.15) is 0 Å². The fraction of sp³-hybridized carbons (Fsp3) is 0.938. The van der Waals surface area contributed by atoms with Crippen LogP contribution in [0, 0.1) is 0 Å². The predicted molar refractivity (Wildman–Crippen MR) is 91.7 cm³/mol. The van der Waals surface area contributed by atoms with Gasteiger partial charge in [-0.25, -0.2) is 5.01 Å². The summed E-state index contributed by atoms with van der Waals surface area (Å²) in [6, 6.07) is 1.15. The van der Waals surface area contributed by atoms with Crippen LogP contribution in [0.5, 0.6) is 0 Å². The molecule has 0 aromatic rings. The monoisotopic (exact) mass is 299 g/mol. The quantitative estimate of drug-likeness (QED) is 0.523. The van der Waals surface area contributed by atoms with Gasteiger partial charge in [0.2, 0.25) is 0 Å². The van der Waals surface area contributed by atoms with E-state index in [0.717, 1.165) is 11.7 Å². The summed E-state index contributed by atoms with van der Waals surface area (Å²) in [5.74, 6) is 0. The molecule has 1 fully saturated rings. The molecule has 0 spiro atoms. The summed E-state index contributed by atoms with van der Waals surface area (Å²) in [5.41, 5.74) is 3.38. The van der Waals surface area contributed by atoms with E-state index in [1.807, 2.05) is 0 Å². The van der Waals surface area contributed by atoms with Gasteiger partial charge in [-0.05, 0) is 45.3 Å². The lowest BCUT2D eigenvalue weighted by atomic mass is 10.00. The van der Waals surface area contributed by atoms with Crippen molar-refractivity contribution in [3.8, 4) is 0 Å². The van der Waals surface area contributed by atoms with Crippen molar-refractivity contribution in [3.05, 3.63) is 0 Å². The normalized spacial score (nSPS) is 23.6. The van der Waals surface area contributed by atoms with Crippen LogP contribution < -0.4 is 10.7 Å². The molecular formula is C16H33N3S. The topological polar surface area (TPSA) is 27.3 Å². The van der Waals surface area contributed by atoms with E-state index >= 15 is 0 Å². The van der Waals surface area contributed by atoms with Crippen molar-refractivity contribution < 1.29 is 0 Å². The highest BCUT2D eigenvalue weighted by atomic mass is 32.1. The number of thiocarbonyl (C=S) groups is 1. The molecule has 1 aliphatic rings. The Morgan fingerprint density at radius 3 is 2.30 bits per heavy atom. The molecule has 0 saturated carbocycles. The molecule has 4 heteroatoms. The Balaban J connectivity index is 2.07. The van der Waals surface area contributed by atoms with E-state index in [1.54, 1.807) is 0 Å². The van der Waals surface area contributed by atoms with Crippen molar-refractivity contribution in [2.45, 2.75) is 90.6 Å². The lowest BCUT2D eigenvalue weighted by molar-refractivity contribution is 0.0736. The number of nitrogens with one attached hydrogen (secondary N) is 2. The Hall–Kier alpha value is -0.350. The molecule has 0 amide bonds. The molecule has 1 rings (SSSR count). The Morgan fingerprint density at radius 1 is 1.05 bits per heavy atom. The van der Waals surface area contributed by atoms with Crippen LogP contribution in [0.25, 0.3) is 0 Å². The Labute approximate surface area is 130 Å². The Kier molecular flexibility index (Phi) is 9.19. The predicted octanol–water partition coefficient (Wildman–Crippen LogP) is 3.99. The van der Waals surface area contributed by atoms with Crippen molar-refractivity contribution in [2.75, 3.05) is 6.54 Å². The number of rotatable bonds is 8. The second-order valence-electron chi connectivity index (χ2n) is 6.17. The van der Waals surface area contributed by atoms with Crippen molar-refractivity contribution in [3.63, 3.8) is 0 Å². The lowest BCUT2D eigenvalue weighted by Gasteiger charge is -2.39. The van der Waals surface area contributed by atoms with Crippen LogP contribution in [0.2, 0.25) is 0 Å². The number of hydrazine groups is 1. The average Bonchev–Trinajstić information content (AvgIpc) is 2.42. The number of hydrogen-bond acceptors (Lipinski definition) is 2. The van der Waals surface area contributed by atoms with Crippen molar-refractivity contribution in [2.24, 2.45) is 0 Å². The minimum Gasteiger partial charge on any atom is -0.362 e. The largest absolute Gasteiger partial charge is 0.362 e. The summed E-state index contributed by atoms with van der Waals surface area (Å²) in [7, 11) is 0. The first kappa shape index (κ1) is 17.7. The molecule has 1 aliphatic heterocycles. The van der Waals surface area contributed by atoms with Gasteiger partial charge in [0.25, 0.3) is 0 Å². The molecule has 20 heavy (non-hydrogen) atoms. The van der Waals surface area contributed by atoms with E-state index in [1.165, 1.54) is 57.8 Å². The second kappa shape index (κ2) is 10.4. The third-order valence-corrected chi connectivity index (χ3v) is 4.48. The fourth-order valence-electron chi connectivity index (χ4n) is 2.91. The fourth-order valence-corrected chi connectivity index (χ4v) is 3.11. The molecule has 0 radical (unpaired) electrons. The zero-order valence-corrected chi connectivity index (χ0v) is 14.4. The van der Waals surface area contributed by atoms with Crippen LogP contribution in [-0.4, -0.2) is 28.7 Å². The van der Waals surface area contributed by atoms with Gasteiger partial charge in [-0.15, -0.1) is 0 Å². The van der Waals surface area contributed by atoms with Gasteiger partial charge < -0.3 is 5.32 Å². The number of hydrogen-bond donors (Lipinski definition) is 2. The summed E-state index contributed by atoms with van der Waals surface area (Å²) in [4.78, 5) is 0. The summed E-state index contributed by atoms with van der Waals surface area (Å²) >= 11 is 5.40. The summed E-state index contributed by atoms with van der Waals surface area (Å²) in [5, 5.41) is 6.45. The first-order valence-corrected chi connectivity index (χ1v) is 8.88. The van der Waals surface area contributed by atoms with Crippen LogP contribution in [0.1, 0.15) is 78.6 Å². The molecule has 2 N–H and O–H groups in total. The van der Waals surface area contributed by atoms with Gasteiger partial charge >= 0.3 is 0 Å². The SMILES string of the molecule is CCCCCCCCNC(=S)NN1[C@H](C)CCC[C@H]1C. The third-order valence-electron chi connectivity index (χ3n) is 4.24. The van der Waals surface area contributed by atoms with Crippen molar-refractivity contribution in [1.82, 2.24) is 15.8 Å². The molecular weight excluding hydrogens is 266 g/mol. The van der Waals surface area contributed by atoms with E-state index in [9.17, 15) is 0 Å². The van der Waals surface area contributed by atoms with E-state index in [0.29, 0.717) is 12.1 Å². The minimum atomic E-state index is 0.576. The molecule has 118 valence electrons. The van der Waals surface area contributed by atoms with Gasteiger partial charge in [0, 0.05) is 18.6 Å². The van der Waals surface area contributed by atoms with Crippen LogP contribution in [0.4, 0.5) is 0 Å². The van der Waals surface area contributed by atoms with E-state index in [4.69, 9.17) is 12.2 Å². The lowest BCUT2D eigenvalue weighted by Crippen LogP contribution is -2.56. The van der Waals surface area contributed by atoms with Gasteiger partial charge in [-0.3, -0.25) is 5.43 Å². The Bertz CT molecular complexity index is 260. The number of nitrogens with zero attached hydrogens (tertiary/aromatic N) is 1. The molecule has 0 bridgehead atoms. The van der Waals surface area contributed by atoms with Gasteiger partial charge in [-0.1, -0.05) is 45.4 Å². The van der Waals surface area contributed by atoms with Gasteiger partial charge in [0.05, 0.1) is 0 Å². The highest BCUT2D eigenvalue weighted by Gasteiger charge is 2.24. The molecule has 0 unspecified atom stereocenters. The van der Waals surface area contributed by atoms with Crippen LogP contribution in [0.15, 0.2) is 0 Å². The zero-order chi connectivity index (χ0) is 14.8. The maximum absolute atomic E-state index is 5.40. The smallest absolute Gasteiger partial charge is 0.181 e. The highest BCUT2D eigenvalue weighted by Crippen LogP contribution is 2.19. The maximum Gasteiger partial charge on any atom is 0.181 e. The summed E-state index contributed by atoms with van der Waals surface area (Å²) < 4.78 is 0. The van der Waals surface area contributed by atoms with Crippen molar-refractivity contribution >= 4 is 17.3 Å². The molecule has 2 atom stereocenters. The number of piperidine rings is 1. The van der Waals surface area contributed by atoms with E-state index in [-0.39, 0.29) is 0 Å². The van der Waals surface area contributed by atoms with Gasteiger partial charge in [0.15, 0.2) is 5.11 Å². The maximum atomic E-state index is 5.40. The minimum absolute atomic E-state index is 0.576. The van der Waals surface area contributed by atoms with Crippen LogP contribution in [-0.2, 0) is 0 Å². The zero-order valence-electron chi connectivity index (χ0n) is 13.6. The molecule has 1 saturated heterocycles. The number of unbranched alkanes of at least 4 members (excludes halogenated alkanes) is 5. The molecule has 1 heterocycles. The first-order chi connectivity index (χ1) is 9.65. The standard InChI is InChI=1S/C16H33N3S/c1-4-5-6-7-8-9-13-17-16(20)18-19-14(2)11-10-12-15(19)3/h14-15H,4-13H2,1-3H3,(H2,17,18,20)/t14-,15-/m1/s1. The Morgan fingerprint density at radius 2 is 1.65 bits per heavy atom. The summed E-state index contributed by atoms with van der Waals surface area (Å²) in [6.07, 6.45) is 11.8. The highest BCUT2D eigenvalue weighted by molar-refractivity contribution is 7.80. The molecule has 0 aromatic carbocycles.